The third-order valence-corrected chi connectivity index (χ3v) is 9.37. The Bertz CT molecular complexity index is 1430. The number of aryl methyl sites for hydroxylation is 2. The van der Waals surface area contributed by atoms with E-state index in [0.29, 0.717) is 61.6 Å². The van der Waals surface area contributed by atoms with Gasteiger partial charge >= 0.3 is 0 Å². The van der Waals surface area contributed by atoms with E-state index in [2.05, 4.69) is 6.07 Å². The van der Waals surface area contributed by atoms with Crippen LogP contribution >= 0.6 is 0 Å². The standard InChI is InChI=1S/C35H36F5N/c1-2-3-4-26-16-17-27(32(37)31(26)36)11-5-21-8-18-28-29(19-21)34(39)35(40)30(33(28)38)25-14-12-24(13-15-25)23-9-6-22(20-41)7-10-23/h6-7,9-10,16-17,21,24-25H,2-5,8,11-15,18-19H2,1H3. The summed E-state index contributed by atoms with van der Waals surface area (Å²) in [6, 6.07) is 12.8. The summed E-state index contributed by atoms with van der Waals surface area (Å²) in [6.07, 6.45) is 6.69. The molecule has 3 aromatic carbocycles. The SMILES string of the molecule is CCCCc1ccc(CCC2CCc3c(F)c(C4CCC(c5ccc(C#N)cc5)CC4)c(F)c(F)c3C2)c(F)c1F. The third-order valence-electron chi connectivity index (χ3n) is 9.37. The van der Waals surface area contributed by atoms with Gasteiger partial charge in [-0.25, -0.2) is 22.0 Å². The minimum Gasteiger partial charge on any atom is -0.206 e. The van der Waals surface area contributed by atoms with Crippen molar-refractivity contribution in [3.05, 3.63) is 104 Å². The van der Waals surface area contributed by atoms with Crippen LogP contribution in [-0.2, 0) is 25.7 Å². The quantitative estimate of drug-likeness (QED) is 0.197. The lowest BCUT2D eigenvalue weighted by Crippen LogP contribution is -2.23. The molecule has 3 aromatic rings. The van der Waals surface area contributed by atoms with Crippen molar-refractivity contribution in [1.82, 2.24) is 0 Å². The van der Waals surface area contributed by atoms with Gasteiger partial charge in [0.1, 0.15) is 5.82 Å². The van der Waals surface area contributed by atoms with Crippen LogP contribution in [0.4, 0.5) is 22.0 Å². The maximum Gasteiger partial charge on any atom is 0.165 e. The maximum absolute atomic E-state index is 15.8. The molecular weight excluding hydrogens is 529 g/mol. The molecule has 0 bridgehead atoms. The number of halogens is 5. The zero-order chi connectivity index (χ0) is 29.1. The molecule has 1 saturated carbocycles. The van der Waals surface area contributed by atoms with E-state index in [1.807, 2.05) is 19.1 Å². The van der Waals surface area contributed by atoms with Gasteiger partial charge in [0.15, 0.2) is 23.3 Å². The van der Waals surface area contributed by atoms with E-state index in [-0.39, 0.29) is 40.9 Å². The van der Waals surface area contributed by atoms with Crippen molar-refractivity contribution in [3.63, 3.8) is 0 Å². The van der Waals surface area contributed by atoms with Crippen molar-refractivity contribution in [2.45, 2.75) is 95.8 Å². The minimum atomic E-state index is -1.07. The van der Waals surface area contributed by atoms with E-state index in [1.165, 1.54) is 0 Å². The molecule has 1 atom stereocenters. The number of rotatable bonds is 8. The van der Waals surface area contributed by atoms with Crippen LogP contribution in [0.5, 0.6) is 0 Å². The van der Waals surface area contributed by atoms with Crippen LogP contribution in [0.25, 0.3) is 0 Å². The lowest BCUT2D eigenvalue weighted by Gasteiger charge is -2.32. The van der Waals surface area contributed by atoms with E-state index in [4.69, 9.17) is 5.26 Å². The van der Waals surface area contributed by atoms with Gasteiger partial charge in [-0.15, -0.1) is 0 Å². The van der Waals surface area contributed by atoms with Crippen molar-refractivity contribution < 1.29 is 22.0 Å². The molecule has 5 rings (SSSR count). The topological polar surface area (TPSA) is 23.8 Å². The summed E-state index contributed by atoms with van der Waals surface area (Å²) >= 11 is 0. The summed E-state index contributed by atoms with van der Waals surface area (Å²) in [6.45, 7) is 2.00. The Balaban J connectivity index is 1.26. The second-order valence-corrected chi connectivity index (χ2v) is 11.9. The number of unbranched alkanes of at least 4 members (excludes halogenated alkanes) is 1. The summed E-state index contributed by atoms with van der Waals surface area (Å²) in [7, 11) is 0. The number of hydrogen-bond acceptors (Lipinski definition) is 1. The molecule has 41 heavy (non-hydrogen) atoms. The van der Waals surface area contributed by atoms with Gasteiger partial charge in [-0.2, -0.15) is 5.26 Å². The monoisotopic (exact) mass is 565 g/mol. The summed E-state index contributed by atoms with van der Waals surface area (Å²) in [4.78, 5) is 0. The highest BCUT2D eigenvalue weighted by Crippen LogP contribution is 2.45. The van der Waals surface area contributed by atoms with Crippen molar-refractivity contribution in [3.8, 4) is 6.07 Å². The van der Waals surface area contributed by atoms with Gasteiger partial charge in [-0.3, -0.25) is 0 Å². The van der Waals surface area contributed by atoms with Gasteiger partial charge in [0.05, 0.1) is 11.6 Å². The van der Waals surface area contributed by atoms with Gasteiger partial charge < -0.3 is 0 Å². The van der Waals surface area contributed by atoms with Gasteiger partial charge in [0.2, 0.25) is 0 Å². The van der Waals surface area contributed by atoms with Gasteiger partial charge in [-0.1, -0.05) is 37.6 Å². The Morgan fingerprint density at radius 3 is 1.98 bits per heavy atom. The lowest BCUT2D eigenvalue weighted by molar-refractivity contribution is 0.354. The number of nitriles is 1. The van der Waals surface area contributed by atoms with Crippen LogP contribution < -0.4 is 0 Å². The van der Waals surface area contributed by atoms with Crippen LogP contribution in [0.15, 0.2) is 36.4 Å². The van der Waals surface area contributed by atoms with Gasteiger partial charge in [0.25, 0.3) is 0 Å². The van der Waals surface area contributed by atoms with Crippen LogP contribution in [0.1, 0.15) is 109 Å². The molecule has 0 saturated heterocycles. The molecule has 0 heterocycles. The summed E-state index contributed by atoms with van der Waals surface area (Å²) in [5.74, 6) is -4.43. The van der Waals surface area contributed by atoms with E-state index < -0.39 is 29.1 Å². The van der Waals surface area contributed by atoms with Crippen molar-refractivity contribution in [2.24, 2.45) is 5.92 Å². The van der Waals surface area contributed by atoms with Crippen LogP contribution in [0, 0.1) is 46.3 Å². The minimum absolute atomic E-state index is 0.0632. The molecule has 0 N–H and O–H groups in total. The van der Waals surface area contributed by atoms with Crippen molar-refractivity contribution in [2.75, 3.05) is 0 Å². The molecule has 1 nitrogen and oxygen atoms in total. The maximum atomic E-state index is 15.8. The largest absolute Gasteiger partial charge is 0.206 e. The zero-order valence-electron chi connectivity index (χ0n) is 23.5. The Hall–Kier alpha value is -3.20. The fourth-order valence-corrected chi connectivity index (χ4v) is 6.88. The van der Waals surface area contributed by atoms with Crippen molar-refractivity contribution >= 4 is 0 Å². The van der Waals surface area contributed by atoms with E-state index in [1.54, 1.807) is 24.3 Å². The lowest BCUT2D eigenvalue weighted by atomic mass is 9.73. The average molecular weight is 566 g/mol. The molecule has 0 radical (unpaired) electrons. The molecule has 216 valence electrons. The molecule has 0 aromatic heterocycles. The first-order chi connectivity index (χ1) is 19.8. The Kier molecular flexibility index (Phi) is 9.12. The number of benzene rings is 3. The highest BCUT2D eigenvalue weighted by molar-refractivity contribution is 5.41. The normalized spacial score (nSPS) is 20.5. The third kappa shape index (κ3) is 6.05. The Morgan fingerprint density at radius 2 is 1.34 bits per heavy atom. The van der Waals surface area contributed by atoms with E-state index in [0.717, 1.165) is 31.2 Å². The Labute approximate surface area is 239 Å². The van der Waals surface area contributed by atoms with Crippen LogP contribution in [0.3, 0.4) is 0 Å². The zero-order valence-corrected chi connectivity index (χ0v) is 23.5. The summed E-state index contributed by atoms with van der Waals surface area (Å²) in [5.41, 5.74) is 2.65. The predicted octanol–water partition coefficient (Wildman–Crippen LogP) is 9.78. The fourth-order valence-electron chi connectivity index (χ4n) is 6.88. The predicted molar refractivity (Wildman–Crippen MR) is 150 cm³/mol. The molecule has 0 spiro atoms. The smallest absolute Gasteiger partial charge is 0.165 e. The van der Waals surface area contributed by atoms with E-state index in [9.17, 15) is 8.78 Å². The van der Waals surface area contributed by atoms with Crippen LogP contribution in [0.2, 0.25) is 0 Å². The number of fused-ring (bicyclic) bond motifs is 1. The van der Waals surface area contributed by atoms with Gasteiger partial charge in [0, 0.05) is 5.56 Å². The average Bonchev–Trinajstić information content (AvgIpc) is 3.00. The number of hydrogen-bond donors (Lipinski definition) is 0. The molecule has 1 unspecified atom stereocenters. The second kappa shape index (κ2) is 12.8. The van der Waals surface area contributed by atoms with E-state index >= 15 is 13.2 Å². The molecule has 0 aliphatic heterocycles. The highest BCUT2D eigenvalue weighted by atomic mass is 19.2. The van der Waals surface area contributed by atoms with Crippen LogP contribution in [-0.4, -0.2) is 0 Å². The second-order valence-electron chi connectivity index (χ2n) is 11.9. The fraction of sp³-hybridized carbons (Fsp3) is 0.457. The Morgan fingerprint density at radius 1 is 0.707 bits per heavy atom. The summed E-state index contributed by atoms with van der Waals surface area (Å²) in [5, 5.41) is 9.02. The first kappa shape index (κ1) is 29.3. The molecule has 1 fully saturated rings. The first-order valence-corrected chi connectivity index (χ1v) is 15.0. The highest BCUT2D eigenvalue weighted by Gasteiger charge is 2.34. The molecular formula is C35H36F5N. The van der Waals surface area contributed by atoms with Gasteiger partial charge in [-0.05, 0) is 128 Å². The molecule has 2 aliphatic rings. The van der Waals surface area contributed by atoms with Crippen molar-refractivity contribution in [1.29, 1.82) is 5.26 Å². The molecule has 0 amide bonds. The number of nitrogens with zero attached hydrogens (tertiary/aromatic N) is 1. The molecule has 2 aliphatic carbocycles. The summed E-state index contributed by atoms with van der Waals surface area (Å²) < 4.78 is 75.8. The first-order valence-electron chi connectivity index (χ1n) is 15.0. The molecule has 6 heteroatoms.